The number of fused-ring (bicyclic) bond motifs is 3. The van der Waals surface area contributed by atoms with Gasteiger partial charge in [-0.15, -0.1) is 11.3 Å². The number of piperidine rings is 1. The second-order valence-corrected chi connectivity index (χ2v) is 9.05. The average Bonchev–Trinajstić information content (AvgIpc) is 3.37. The molecule has 1 amide bonds. The Morgan fingerprint density at radius 2 is 2.19 bits per heavy atom. The fourth-order valence-electron chi connectivity index (χ4n) is 4.97. The van der Waals surface area contributed by atoms with Gasteiger partial charge in [0.15, 0.2) is 10.7 Å². The highest BCUT2D eigenvalue weighted by atomic mass is 32.1. The molecule has 0 radical (unpaired) electrons. The Labute approximate surface area is 158 Å². The summed E-state index contributed by atoms with van der Waals surface area (Å²) >= 11 is 1.62. The zero-order chi connectivity index (χ0) is 17.7. The SMILES string of the molecule is CN1CCCN(C(=O)c2nc3sccn3c2CN2C[C@H]3CC[C@H]2C3)CC1. The van der Waals surface area contributed by atoms with Crippen molar-refractivity contribution in [2.75, 3.05) is 39.8 Å². The number of thiazole rings is 1. The van der Waals surface area contributed by atoms with Crippen LogP contribution in [0.2, 0.25) is 0 Å². The van der Waals surface area contributed by atoms with Crippen LogP contribution in [0.1, 0.15) is 41.9 Å². The summed E-state index contributed by atoms with van der Waals surface area (Å²) < 4.78 is 2.15. The Balaban J connectivity index is 1.43. The maximum atomic E-state index is 13.3. The van der Waals surface area contributed by atoms with Gasteiger partial charge in [0.2, 0.25) is 0 Å². The molecule has 2 aromatic rings. The highest BCUT2D eigenvalue weighted by Gasteiger charge is 2.38. The van der Waals surface area contributed by atoms with Crippen molar-refractivity contribution < 1.29 is 4.79 Å². The van der Waals surface area contributed by atoms with Gasteiger partial charge in [0, 0.05) is 50.3 Å². The Morgan fingerprint density at radius 1 is 1.27 bits per heavy atom. The lowest BCUT2D eigenvalue weighted by atomic mass is 10.1. The molecule has 1 saturated carbocycles. The van der Waals surface area contributed by atoms with Crippen LogP contribution in [0.3, 0.4) is 0 Å². The molecule has 0 unspecified atom stereocenters. The standard InChI is InChI=1S/C19H27N5OS/c1-21-5-2-6-22(8-7-21)18(25)17-16(24-9-10-26-19(24)20-17)13-23-12-14-3-4-15(23)11-14/h9-10,14-15H,2-8,11-13H2,1H3/t14-,15-/m0/s1. The molecule has 2 aromatic heterocycles. The first kappa shape index (κ1) is 16.7. The molecule has 26 heavy (non-hydrogen) atoms. The lowest BCUT2D eigenvalue weighted by molar-refractivity contribution is 0.0754. The van der Waals surface area contributed by atoms with Crippen molar-refractivity contribution in [2.24, 2.45) is 5.92 Å². The molecule has 5 rings (SSSR count). The number of rotatable bonds is 3. The molecule has 0 aromatic carbocycles. The van der Waals surface area contributed by atoms with Crippen molar-refractivity contribution in [2.45, 2.75) is 38.3 Å². The zero-order valence-electron chi connectivity index (χ0n) is 15.4. The van der Waals surface area contributed by atoms with E-state index in [1.807, 2.05) is 4.90 Å². The van der Waals surface area contributed by atoms with Crippen LogP contribution in [0.4, 0.5) is 0 Å². The summed E-state index contributed by atoms with van der Waals surface area (Å²) in [4.78, 5) is 25.9. The minimum atomic E-state index is 0.121. The minimum absolute atomic E-state index is 0.121. The van der Waals surface area contributed by atoms with Crippen LogP contribution >= 0.6 is 11.3 Å². The second-order valence-electron chi connectivity index (χ2n) is 8.17. The Bertz CT molecular complexity index is 814. The first-order valence-corrected chi connectivity index (χ1v) is 10.7. The summed E-state index contributed by atoms with van der Waals surface area (Å²) in [6, 6.07) is 0.707. The van der Waals surface area contributed by atoms with Crippen LogP contribution < -0.4 is 0 Å². The van der Waals surface area contributed by atoms with E-state index in [2.05, 4.69) is 32.8 Å². The molecule has 0 spiro atoms. The summed E-state index contributed by atoms with van der Waals surface area (Å²) in [6.45, 7) is 5.68. The van der Waals surface area contributed by atoms with Crippen molar-refractivity contribution in [3.8, 4) is 0 Å². The number of hydrogen-bond acceptors (Lipinski definition) is 5. The molecular weight excluding hydrogens is 346 g/mol. The third-order valence-electron chi connectivity index (χ3n) is 6.45. The molecule has 2 atom stereocenters. The maximum absolute atomic E-state index is 13.3. The molecule has 2 aliphatic heterocycles. The molecular formula is C19H27N5OS. The van der Waals surface area contributed by atoms with Crippen LogP contribution in [0.15, 0.2) is 11.6 Å². The van der Waals surface area contributed by atoms with Crippen molar-refractivity contribution in [3.05, 3.63) is 23.0 Å². The van der Waals surface area contributed by atoms with E-state index in [0.29, 0.717) is 11.7 Å². The van der Waals surface area contributed by atoms with Gasteiger partial charge in [-0.25, -0.2) is 4.98 Å². The van der Waals surface area contributed by atoms with E-state index >= 15 is 0 Å². The molecule has 4 heterocycles. The molecule has 0 N–H and O–H groups in total. The van der Waals surface area contributed by atoms with E-state index in [1.165, 1.54) is 25.8 Å². The van der Waals surface area contributed by atoms with Crippen LogP contribution in [0.5, 0.6) is 0 Å². The summed E-state index contributed by atoms with van der Waals surface area (Å²) in [5.74, 6) is 0.988. The lowest BCUT2D eigenvalue weighted by Gasteiger charge is -2.27. The summed E-state index contributed by atoms with van der Waals surface area (Å²) in [6.07, 6.45) is 7.15. The Morgan fingerprint density at radius 3 is 3.00 bits per heavy atom. The summed E-state index contributed by atoms with van der Waals surface area (Å²) in [5.41, 5.74) is 1.78. The van der Waals surface area contributed by atoms with Gasteiger partial charge in [-0.05, 0) is 45.2 Å². The zero-order valence-corrected chi connectivity index (χ0v) is 16.2. The highest BCUT2D eigenvalue weighted by molar-refractivity contribution is 7.15. The molecule has 2 saturated heterocycles. The predicted molar refractivity (Wildman–Crippen MR) is 103 cm³/mol. The van der Waals surface area contributed by atoms with Gasteiger partial charge < -0.3 is 9.80 Å². The molecule has 2 bridgehead atoms. The molecule has 140 valence electrons. The third-order valence-corrected chi connectivity index (χ3v) is 7.20. The minimum Gasteiger partial charge on any atom is -0.336 e. The fourth-order valence-corrected chi connectivity index (χ4v) is 5.70. The van der Waals surface area contributed by atoms with E-state index in [1.54, 1.807) is 11.3 Å². The van der Waals surface area contributed by atoms with E-state index in [9.17, 15) is 4.79 Å². The first-order chi connectivity index (χ1) is 12.7. The number of likely N-dealkylation sites (N-methyl/N-ethyl adjacent to an activating group) is 1. The van der Waals surface area contributed by atoms with Crippen molar-refractivity contribution >= 4 is 22.2 Å². The molecule has 6 nitrogen and oxygen atoms in total. The van der Waals surface area contributed by atoms with Crippen LogP contribution in [0, 0.1) is 5.92 Å². The van der Waals surface area contributed by atoms with E-state index in [0.717, 1.165) is 55.7 Å². The third kappa shape index (κ3) is 2.86. The van der Waals surface area contributed by atoms with Gasteiger partial charge in [0.1, 0.15) is 0 Å². The van der Waals surface area contributed by atoms with Crippen molar-refractivity contribution in [3.63, 3.8) is 0 Å². The second kappa shape index (κ2) is 6.62. The van der Waals surface area contributed by atoms with Crippen LogP contribution in [-0.2, 0) is 6.54 Å². The van der Waals surface area contributed by atoms with Gasteiger partial charge in [-0.3, -0.25) is 14.1 Å². The Hall–Kier alpha value is -1.44. The van der Waals surface area contributed by atoms with Gasteiger partial charge in [0.25, 0.3) is 5.91 Å². The molecule has 1 aliphatic carbocycles. The van der Waals surface area contributed by atoms with Gasteiger partial charge >= 0.3 is 0 Å². The normalized spacial score (nSPS) is 27.5. The number of carbonyl (C=O) groups excluding carboxylic acids is 1. The van der Waals surface area contributed by atoms with E-state index in [-0.39, 0.29) is 5.91 Å². The number of likely N-dealkylation sites (tertiary alicyclic amines) is 1. The smallest absolute Gasteiger partial charge is 0.274 e. The number of nitrogens with zero attached hydrogens (tertiary/aromatic N) is 5. The van der Waals surface area contributed by atoms with Crippen molar-refractivity contribution in [1.29, 1.82) is 0 Å². The van der Waals surface area contributed by atoms with Crippen LogP contribution in [0.25, 0.3) is 4.96 Å². The number of amides is 1. The highest BCUT2D eigenvalue weighted by Crippen LogP contribution is 2.38. The first-order valence-electron chi connectivity index (χ1n) is 9.85. The topological polar surface area (TPSA) is 44.1 Å². The molecule has 3 aliphatic rings. The van der Waals surface area contributed by atoms with E-state index < -0.39 is 0 Å². The Kier molecular flexibility index (Phi) is 4.26. The van der Waals surface area contributed by atoms with E-state index in [4.69, 9.17) is 4.98 Å². The fraction of sp³-hybridized carbons (Fsp3) is 0.684. The number of carbonyl (C=O) groups is 1. The van der Waals surface area contributed by atoms with Gasteiger partial charge in [-0.2, -0.15) is 0 Å². The lowest BCUT2D eigenvalue weighted by Crippen LogP contribution is -2.36. The summed E-state index contributed by atoms with van der Waals surface area (Å²) in [7, 11) is 2.13. The number of imidazole rings is 1. The number of aromatic nitrogens is 2. The predicted octanol–water partition coefficient (Wildman–Crippen LogP) is 2.16. The maximum Gasteiger partial charge on any atom is 0.274 e. The van der Waals surface area contributed by atoms with Crippen LogP contribution in [-0.4, -0.2) is 75.8 Å². The number of hydrogen-bond donors (Lipinski definition) is 0. The monoisotopic (exact) mass is 373 g/mol. The molecule has 7 heteroatoms. The largest absolute Gasteiger partial charge is 0.336 e. The van der Waals surface area contributed by atoms with Crippen molar-refractivity contribution in [1.82, 2.24) is 24.1 Å². The van der Waals surface area contributed by atoms with Gasteiger partial charge in [-0.1, -0.05) is 0 Å². The van der Waals surface area contributed by atoms with Gasteiger partial charge in [0.05, 0.1) is 5.69 Å². The summed E-state index contributed by atoms with van der Waals surface area (Å²) in [5, 5.41) is 2.07. The average molecular weight is 374 g/mol. The molecule has 3 fully saturated rings. The quantitative estimate of drug-likeness (QED) is 0.827.